The van der Waals surface area contributed by atoms with Crippen molar-refractivity contribution >= 4 is 28.9 Å². The fourth-order valence-electron chi connectivity index (χ4n) is 0.243. The predicted octanol–water partition coefficient (Wildman–Crippen LogP) is 1.48. The number of rotatable bonds is 3. The Kier molecular flexibility index (Phi) is 5.60. The van der Waals surface area contributed by atoms with E-state index in [1.807, 2.05) is 6.08 Å². The first kappa shape index (κ1) is 8.68. The van der Waals surface area contributed by atoms with Crippen LogP contribution in [0.15, 0.2) is 29.4 Å². The van der Waals surface area contributed by atoms with E-state index in [9.17, 15) is 0 Å². The SMILES string of the molecule is C=C(/C=C\N=CN)CI. The van der Waals surface area contributed by atoms with Gasteiger partial charge >= 0.3 is 0 Å². The van der Waals surface area contributed by atoms with Crippen LogP contribution < -0.4 is 5.73 Å². The second-order valence-corrected chi connectivity index (χ2v) is 2.17. The van der Waals surface area contributed by atoms with Crippen LogP contribution in [0.2, 0.25) is 0 Å². The molecule has 0 bridgehead atoms. The van der Waals surface area contributed by atoms with E-state index in [4.69, 9.17) is 5.73 Å². The lowest BCUT2D eigenvalue weighted by molar-refractivity contribution is 1.51. The molecular weight excluding hydrogens is 227 g/mol. The Hall–Kier alpha value is -0.320. The lowest BCUT2D eigenvalue weighted by Crippen LogP contribution is -1.85. The third-order valence-electron chi connectivity index (χ3n) is 0.654. The van der Waals surface area contributed by atoms with Crippen molar-refractivity contribution in [2.45, 2.75) is 0 Å². The van der Waals surface area contributed by atoms with Crippen molar-refractivity contribution in [3.63, 3.8) is 0 Å². The molecule has 3 heteroatoms. The van der Waals surface area contributed by atoms with Gasteiger partial charge in [0.25, 0.3) is 0 Å². The number of allylic oxidation sites excluding steroid dienone is 2. The van der Waals surface area contributed by atoms with Gasteiger partial charge < -0.3 is 5.73 Å². The summed E-state index contributed by atoms with van der Waals surface area (Å²) in [5.74, 6) is 0. The summed E-state index contributed by atoms with van der Waals surface area (Å²) in [7, 11) is 0. The highest BCUT2D eigenvalue weighted by Gasteiger charge is 1.78. The monoisotopic (exact) mass is 236 g/mol. The Morgan fingerprint density at radius 2 is 2.44 bits per heavy atom. The Morgan fingerprint density at radius 3 is 2.89 bits per heavy atom. The lowest BCUT2D eigenvalue weighted by Gasteiger charge is -1.85. The summed E-state index contributed by atoms with van der Waals surface area (Å²) in [6.45, 7) is 3.74. The molecule has 0 amide bonds. The maximum atomic E-state index is 4.98. The highest BCUT2D eigenvalue weighted by atomic mass is 127. The van der Waals surface area contributed by atoms with Gasteiger partial charge in [-0.05, 0) is 11.6 Å². The highest BCUT2D eigenvalue weighted by molar-refractivity contribution is 14.1. The molecule has 0 aliphatic heterocycles. The van der Waals surface area contributed by atoms with Crippen LogP contribution in [0.3, 0.4) is 0 Å². The molecule has 0 atom stereocenters. The van der Waals surface area contributed by atoms with Gasteiger partial charge in [0.05, 0.1) is 6.34 Å². The Balaban J connectivity index is 3.57. The quantitative estimate of drug-likeness (QED) is 0.260. The van der Waals surface area contributed by atoms with E-state index in [2.05, 4.69) is 34.2 Å². The van der Waals surface area contributed by atoms with Crippen LogP contribution in [0, 0.1) is 0 Å². The van der Waals surface area contributed by atoms with E-state index >= 15 is 0 Å². The fourth-order valence-corrected chi connectivity index (χ4v) is 0.497. The Labute approximate surface area is 68.7 Å². The van der Waals surface area contributed by atoms with Crippen LogP contribution in [0.25, 0.3) is 0 Å². The van der Waals surface area contributed by atoms with Gasteiger partial charge in [0, 0.05) is 10.6 Å². The summed E-state index contributed by atoms with van der Waals surface area (Å²) in [4.78, 5) is 3.67. The normalized spacial score (nSPS) is 11.2. The summed E-state index contributed by atoms with van der Waals surface area (Å²) in [6.07, 6.45) is 4.70. The second-order valence-electron chi connectivity index (χ2n) is 1.41. The smallest absolute Gasteiger partial charge is 0.0852 e. The number of nitrogens with zero attached hydrogens (tertiary/aromatic N) is 1. The van der Waals surface area contributed by atoms with Gasteiger partial charge in [0.1, 0.15) is 0 Å². The van der Waals surface area contributed by atoms with Gasteiger partial charge in [-0.15, -0.1) is 0 Å². The topological polar surface area (TPSA) is 38.4 Å². The van der Waals surface area contributed by atoms with E-state index in [-0.39, 0.29) is 0 Å². The van der Waals surface area contributed by atoms with Gasteiger partial charge in [-0.2, -0.15) is 0 Å². The molecule has 0 aliphatic carbocycles. The molecule has 0 aromatic rings. The van der Waals surface area contributed by atoms with Crippen LogP contribution in [-0.4, -0.2) is 10.8 Å². The average molecular weight is 236 g/mol. The largest absolute Gasteiger partial charge is 0.390 e. The van der Waals surface area contributed by atoms with Gasteiger partial charge in [0.2, 0.25) is 0 Å². The zero-order valence-electron chi connectivity index (χ0n) is 5.05. The van der Waals surface area contributed by atoms with Crippen LogP contribution >= 0.6 is 22.6 Å². The first-order valence-corrected chi connectivity index (χ1v) is 3.97. The molecule has 0 spiro atoms. The van der Waals surface area contributed by atoms with E-state index in [0.29, 0.717) is 0 Å². The maximum absolute atomic E-state index is 4.98. The first-order chi connectivity index (χ1) is 4.31. The standard InChI is InChI=1S/C6H9IN2/c1-6(4-7)2-3-9-5-8/h2-3,5H,1,4H2,(H2,8,9)/b3-2-. The molecule has 0 aromatic carbocycles. The molecular formula is C6H9IN2. The first-order valence-electron chi connectivity index (χ1n) is 2.45. The molecule has 0 fully saturated rings. The Bertz CT molecular complexity index is 138. The fraction of sp³-hybridized carbons (Fsp3) is 0.167. The molecule has 2 N–H and O–H groups in total. The number of aliphatic imine (C=N–C) groups is 1. The predicted molar refractivity (Wildman–Crippen MR) is 49.8 cm³/mol. The second kappa shape index (κ2) is 5.81. The third-order valence-corrected chi connectivity index (χ3v) is 1.63. The molecule has 0 rings (SSSR count). The van der Waals surface area contributed by atoms with Gasteiger partial charge in [-0.25, -0.2) is 4.99 Å². The minimum atomic E-state index is 0.925. The van der Waals surface area contributed by atoms with E-state index < -0.39 is 0 Å². The lowest BCUT2D eigenvalue weighted by atomic mass is 10.3. The number of halogens is 1. The summed E-state index contributed by atoms with van der Waals surface area (Å²) in [6, 6.07) is 0. The highest BCUT2D eigenvalue weighted by Crippen LogP contribution is 1.97. The van der Waals surface area contributed by atoms with Gasteiger partial charge in [-0.1, -0.05) is 29.2 Å². The molecule has 2 nitrogen and oxygen atoms in total. The number of alkyl halides is 1. The van der Waals surface area contributed by atoms with Crippen molar-refractivity contribution in [2.24, 2.45) is 10.7 Å². The van der Waals surface area contributed by atoms with Crippen molar-refractivity contribution in [2.75, 3.05) is 4.43 Å². The maximum Gasteiger partial charge on any atom is 0.0852 e. The molecule has 0 heterocycles. The molecule has 0 saturated carbocycles. The molecule has 0 saturated heterocycles. The van der Waals surface area contributed by atoms with Crippen molar-refractivity contribution in [1.29, 1.82) is 0 Å². The van der Waals surface area contributed by atoms with E-state index in [0.717, 1.165) is 10.0 Å². The average Bonchev–Trinajstić information content (AvgIpc) is 1.89. The van der Waals surface area contributed by atoms with E-state index in [1.165, 1.54) is 6.34 Å². The van der Waals surface area contributed by atoms with Gasteiger partial charge in [-0.3, -0.25) is 0 Å². The van der Waals surface area contributed by atoms with Crippen LogP contribution in [0.4, 0.5) is 0 Å². The van der Waals surface area contributed by atoms with Crippen molar-refractivity contribution in [1.82, 2.24) is 0 Å². The molecule has 0 aliphatic rings. The van der Waals surface area contributed by atoms with Crippen LogP contribution in [0.1, 0.15) is 0 Å². The van der Waals surface area contributed by atoms with Crippen molar-refractivity contribution < 1.29 is 0 Å². The number of nitrogens with two attached hydrogens (primary N) is 1. The minimum absolute atomic E-state index is 0.925. The van der Waals surface area contributed by atoms with Gasteiger partial charge in [0.15, 0.2) is 0 Å². The molecule has 0 unspecified atom stereocenters. The number of hydrogen-bond acceptors (Lipinski definition) is 1. The third kappa shape index (κ3) is 5.55. The molecule has 0 radical (unpaired) electrons. The summed E-state index contributed by atoms with van der Waals surface area (Å²) >= 11 is 2.23. The molecule has 0 aromatic heterocycles. The summed E-state index contributed by atoms with van der Waals surface area (Å²) < 4.78 is 0.925. The Morgan fingerprint density at radius 1 is 1.78 bits per heavy atom. The summed E-state index contributed by atoms with van der Waals surface area (Å²) in [5.41, 5.74) is 6.02. The number of hydrogen-bond donors (Lipinski definition) is 1. The zero-order chi connectivity index (χ0) is 7.11. The minimum Gasteiger partial charge on any atom is -0.390 e. The zero-order valence-corrected chi connectivity index (χ0v) is 7.21. The van der Waals surface area contributed by atoms with Crippen LogP contribution in [0.5, 0.6) is 0 Å². The summed E-state index contributed by atoms with van der Waals surface area (Å²) in [5, 5.41) is 0. The van der Waals surface area contributed by atoms with E-state index in [1.54, 1.807) is 6.20 Å². The molecule has 9 heavy (non-hydrogen) atoms. The van der Waals surface area contributed by atoms with Crippen LogP contribution in [-0.2, 0) is 0 Å². The van der Waals surface area contributed by atoms with Crippen molar-refractivity contribution in [3.8, 4) is 0 Å². The van der Waals surface area contributed by atoms with Crippen molar-refractivity contribution in [3.05, 3.63) is 24.4 Å². The molecule has 50 valence electrons.